The van der Waals surface area contributed by atoms with Crippen molar-refractivity contribution in [3.8, 4) is 11.5 Å². The lowest BCUT2D eigenvalue weighted by molar-refractivity contribution is -0.241. The average Bonchev–Trinajstić information content (AvgIpc) is 2.87. The molecule has 0 aromatic heterocycles. The zero-order chi connectivity index (χ0) is 28.8. The van der Waals surface area contributed by atoms with Crippen molar-refractivity contribution in [2.45, 2.75) is 111 Å². The van der Waals surface area contributed by atoms with Gasteiger partial charge in [-0.2, -0.15) is 0 Å². The van der Waals surface area contributed by atoms with E-state index in [1.807, 2.05) is 18.2 Å². The van der Waals surface area contributed by atoms with E-state index in [0.29, 0.717) is 18.6 Å². The highest BCUT2D eigenvalue weighted by atomic mass is 16.6. The Morgan fingerprint density at radius 1 is 0.615 bits per heavy atom. The van der Waals surface area contributed by atoms with E-state index in [0.717, 1.165) is 38.5 Å². The van der Waals surface area contributed by atoms with Crippen molar-refractivity contribution in [2.24, 2.45) is 10.8 Å². The van der Waals surface area contributed by atoms with E-state index in [4.69, 9.17) is 9.47 Å². The minimum atomic E-state index is -2.56. The topological polar surface area (TPSA) is 93.1 Å². The van der Waals surface area contributed by atoms with E-state index in [1.54, 1.807) is 56.3 Å². The minimum absolute atomic E-state index is 0.0708. The first kappa shape index (κ1) is 32.5. The van der Waals surface area contributed by atoms with Gasteiger partial charge in [0.05, 0.1) is 6.42 Å². The maximum absolute atomic E-state index is 12.4. The van der Waals surface area contributed by atoms with Crippen molar-refractivity contribution < 1.29 is 29.3 Å². The highest BCUT2D eigenvalue weighted by Gasteiger charge is 2.49. The van der Waals surface area contributed by atoms with Gasteiger partial charge in [-0.15, -0.1) is 0 Å². The number of hydrogen-bond donors (Lipinski definition) is 2. The number of hydrogen-bond acceptors (Lipinski definition) is 6. The third kappa shape index (κ3) is 11.9. The van der Waals surface area contributed by atoms with Crippen LogP contribution in [-0.2, 0) is 9.59 Å². The Kier molecular flexibility index (Phi) is 13.2. The Morgan fingerprint density at radius 3 is 1.51 bits per heavy atom. The fourth-order valence-electron chi connectivity index (χ4n) is 4.66. The van der Waals surface area contributed by atoms with E-state index in [9.17, 15) is 19.8 Å². The zero-order valence-electron chi connectivity index (χ0n) is 24.3. The number of aliphatic hydroxyl groups is 2. The van der Waals surface area contributed by atoms with E-state index in [2.05, 4.69) is 13.8 Å². The molecule has 39 heavy (non-hydrogen) atoms. The summed E-state index contributed by atoms with van der Waals surface area (Å²) in [4.78, 5) is 24.6. The lowest BCUT2D eigenvalue weighted by Crippen LogP contribution is -2.53. The molecule has 0 saturated carbocycles. The SMILES string of the molecule is CC(C)(CCCCCCCCCCCC(C)(C)C(O)(O)C(=O)Oc1ccccc1)CC(=O)Oc1ccccc1. The molecule has 0 atom stereocenters. The van der Waals surface area contributed by atoms with Crippen molar-refractivity contribution >= 4 is 11.9 Å². The van der Waals surface area contributed by atoms with Gasteiger partial charge in [-0.1, -0.05) is 122 Å². The zero-order valence-corrected chi connectivity index (χ0v) is 24.3. The van der Waals surface area contributed by atoms with Gasteiger partial charge in [-0.05, 0) is 42.5 Å². The summed E-state index contributed by atoms with van der Waals surface area (Å²) in [5, 5.41) is 21.1. The van der Waals surface area contributed by atoms with Gasteiger partial charge in [0.15, 0.2) is 0 Å². The van der Waals surface area contributed by atoms with Crippen molar-refractivity contribution in [1.29, 1.82) is 0 Å². The molecule has 0 amide bonds. The first-order valence-electron chi connectivity index (χ1n) is 14.4. The molecule has 0 saturated heterocycles. The number of ether oxygens (including phenoxy) is 2. The van der Waals surface area contributed by atoms with Gasteiger partial charge in [0.2, 0.25) is 0 Å². The van der Waals surface area contributed by atoms with Crippen molar-refractivity contribution in [1.82, 2.24) is 0 Å². The normalized spacial score (nSPS) is 12.3. The van der Waals surface area contributed by atoms with E-state index < -0.39 is 17.2 Å². The summed E-state index contributed by atoms with van der Waals surface area (Å²) in [6, 6.07) is 17.7. The number of rotatable bonds is 18. The van der Waals surface area contributed by atoms with Gasteiger partial charge < -0.3 is 19.7 Å². The average molecular weight is 541 g/mol. The molecule has 0 aliphatic rings. The van der Waals surface area contributed by atoms with Gasteiger partial charge in [-0.3, -0.25) is 4.79 Å². The van der Waals surface area contributed by atoms with Gasteiger partial charge in [0.1, 0.15) is 11.5 Å². The molecule has 2 aromatic rings. The summed E-state index contributed by atoms with van der Waals surface area (Å²) in [5.41, 5.74) is -1.09. The molecular weight excluding hydrogens is 492 g/mol. The molecule has 216 valence electrons. The van der Waals surface area contributed by atoms with E-state index in [1.165, 1.54) is 25.7 Å². The largest absolute Gasteiger partial charge is 0.427 e. The Balaban J connectivity index is 1.51. The number of unbranched alkanes of at least 4 members (excludes halogenated alkanes) is 8. The highest BCUT2D eigenvalue weighted by Crippen LogP contribution is 2.36. The standard InChI is InChI=1S/C33H48O6/c1-31(2,26-29(34)38-27-20-14-12-15-21-27)24-18-10-8-6-5-7-9-11-19-25-32(3,4)33(36,37)30(35)39-28-22-16-13-17-23-28/h12-17,20-23,36-37H,5-11,18-19,24-26H2,1-4H3. The van der Waals surface area contributed by atoms with Gasteiger partial charge in [0.25, 0.3) is 5.79 Å². The molecule has 0 unspecified atom stereocenters. The number of carbonyl (C=O) groups excluding carboxylic acids is 2. The summed E-state index contributed by atoms with van der Waals surface area (Å²) >= 11 is 0. The van der Waals surface area contributed by atoms with E-state index >= 15 is 0 Å². The van der Waals surface area contributed by atoms with Crippen molar-refractivity contribution in [2.75, 3.05) is 0 Å². The molecule has 2 N–H and O–H groups in total. The number of benzene rings is 2. The lowest BCUT2D eigenvalue weighted by atomic mass is 9.78. The summed E-state index contributed by atoms with van der Waals surface area (Å²) < 4.78 is 10.6. The Labute approximate surface area is 234 Å². The third-order valence-corrected chi connectivity index (χ3v) is 7.44. The molecule has 6 heteroatoms. The molecule has 0 aliphatic heterocycles. The predicted molar refractivity (Wildman–Crippen MR) is 154 cm³/mol. The fourth-order valence-corrected chi connectivity index (χ4v) is 4.66. The maximum atomic E-state index is 12.4. The molecule has 0 aliphatic carbocycles. The van der Waals surface area contributed by atoms with Crippen LogP contribution in [0.2, 0.25) is 0 Å². The van der Waals surface area contributed by atoms with Crippen LogP contribution in [-0.4, -0.2) is 27.9 Å². The first-order chi connectivity index (χ1) is 18.4. The van der Waals surface area contributed by atoms with Gasteiger partial charge in [-0.25, -0.2) is 4.79 Å². The molecule has 0 fully saturated rings. The monoisotopic (exact) mass is 540 g/mol. The van der Waals surface area contributed by atoms with Crippen molar-refractivity contribution in [3.05, 3.63) is 60.7 Å². The second kappa shape index (κ2) is 15.8. The summed E-state index contributed by atoms with van der Waals surface area (Å²) in [6.07, 6.45) is 11.8. The van der Waals surface area contributed by atoms with Crippen LogP contribution < -0.4 is 9.47 Å². The quantitative estimate of drug-likeness (QED) is 0.0875. The third-order valence-electron chi connectivity index (χ3n) is 7.44. The van der Waals surface area contributed by atoms with Gasteiger partial charge >= 0.3 is 11.9 Å². The number of esters is 2. The van der Waals surface area contributed by atoms with Crippen LogP contribution in [0, 0.1) is 10.8 Å². The summed E-state index contributed by atoms with van der Waals surface area (Å²) in [5.74, 6) is -2.89. The second-order valence-electron chi connectivity index (χ2n) is 12.1. The molecule has 0 spiro atoms. The summed E-state index contributed by atoms with van der Waals surface area (Å²) in [6.45, 7) is 7.63. The predicted octanol–water partition coefficient (Wildman–Crippen LogP) is 7.61. The fraction of sp³-hybridized carbons (Fsp3) is 0.576. The molecule has 6 nitrogen and oxygen atoms in total. The van der Waals surface area contributed by atoms with Crippen molar-refractivity contribution in [3.63, 3.8) is 0 Å². The maximum Gasteiger partial charge on any atom is 0.372 e. The van der Waals surface area contributed by atoms with Crippen LogP contribution >= 0.6 is 0 Å². The van der Waals surface area contributed by atoms with Crippen LogP contribution in [0.1, 0.15) is 105 Å². The smallest absolute Gasteiger partial charge is 0.372 e. The molecular formula is C33H48O6. The first-order valence-corrected chi connectivity index (χ1v) is 14.4. The Bertz CT molecular complexity index is 982. The molecule has 2 aromatic carbocycles. The van der Waals surface area contributed by atoms with Gasteiger partial charge in [0, 0.05) is 5.41 Å². The Hall–Kier alpha value is -2.70. The lowest BCUT2D eigenvalue weighted by Gasteiger charge is -2.36. The van der Waals surface area contributed by atoms with Crippen LogP contribution in [0.4, 0.5) is 0 Å². The Morgan fingerprint density at radius 2 is 1.03 bits per heavy atom. The van der Waals surface area contributed by atoms with Crippen LogP contribution in [0.15, 0.2) is 60.7 Å². The minimum Gasteiger partial charge on any atom is -0.427 e. The molecule has 0 heterocycles. The van der Waals surface area contributed by atoms with E-state index in [-0.39, 0.29) is 17.1 Å². The number of para-hydroxylation sites is 2. The second-order valence-corrected chi connectivity index (χ2v) is 12.1. The van der Waals surface area contributed by atoms with Crippen LogP contribution in [0.5, 0.6) is 11.5 Å². The molecule has 0 radical (unpaired) electrons. The number of carbonyl (C=O) groups is 2. The molecule has 0 bridgehead atoms. The summed E-state index contributed by atoms with van der Waals surface area (Å²) in [7, 11) is 0. The highest BCUT2D eigenvalue weighted by molar-refractivity contribution is 5.80. The van der Waals surface area contributed by atoms with Crippen LogP contribution in [0.25, 0.3) is 0 Å². The van der Waals surface area contributed by atoms with Crippen LogP contribution in [0.3, 0.4) is 0 Å². The molecule has 2 rings (SSSR count).